The molecule has 1 N–H and O–H groups in total. The Labute approximate surface area is 189 Å². The van der Waals surface area contributed by atoms with E-state index in [-0.39, 0.29) is 18.0 Å². The van der Waals surface area contributed by atoms with Crippen LogP contribution in [0.4, 0.5) is 5.69 Å². The number of hydrogen-bond acceptors (Lipinski definition) is 3. The summed E-state index contributed by atoms with van der Waals surface area (Å²) in [5, 5.41) is 10.7. The molecule has 0 aromatic heterocycles. The Kier molecular flexibility index (Phi) is 6.66. The van der Waals surface area contributed by atoms with Crippen molar-refractivity contribution >= 4 is 11.5 Å². The van der Waals surface area contributed by atoms with E-state index in [1.54, 1.807) is 6.07 Å². The van der Waals surface area contributed by atoms with E-state index in [1.165, 1.54) is 11.1 Å². The van der Waals surface area contributed by atoms with Crippen molar-refractivity contribution in [2.75, 3.05) is 4.90 Å². The summed E-state index contributed by atoms with van der Waals surface area (Å²) in [7, 11) is 0. The molecule has 4 aromatic rings. The van der Waals surface area contributed by atoms with Crippen LogP contribution in [-0.4, -0.2) is 10.9 Å². The SMILES string of the molecule is Cc1ccc(C(=O)Cc2c(O)cccc2N(Cc2ccccc2)Cc2ccccc2)cc1. The molecular formula is C29H27NO2. The Hall–Kier alpha value is -3.85. The van der Waals surface area contributed by atoms with Gasteiger partial charge in [0, 0.05) is 36.3 Å². The Morgan fingerprint density at radius 3 is 1.84 bits per heavy atom. The maximum Gasteiger partial charge on any atom is 0.167 e. The normalized spacial score (nSPS) is 10.7. The molecule has 4 rings (SSSR count). The first-order valence-corrected chi connectivity index (χ1v) is 10.8. The number of phenols is 1. The second-order valence-corrected chi connectivity index (χ2v) is 8.07. The molecule has 3 heteroatoms. The van der Waals surface area contributed by atoms with Gasteiger partial charge in [-0.05, 0) is 30.2 Å². The fourth-order valence-electron chi connectivity index (χ4n) is 3.88. The number of benzene rings is 4. The van der Waals surface area contributed by atoms with Crippen molar-refractivity contribution in [3.63, 3.8) is 0 Å². The molecule has 0 unspecified atom stereocenters. The molecule has 0 atom stereocenters. The quantitative estimate of drug-likeness (QED) is 0.338. The zero-order chi connectivity index (χ0) is 22.3. The zero-order valence-corrected chi connectivity index (χ0v) is 18.2. The summed E-state index contributed by atoms with van der Waals surface area (Å²) in [5.41, 5.74) is 5.64. The molecular weight excluding hydrogens is 394 g/mol. The number of ketones is 1. The molecule has 0 bridgehead atoms. The van der Waals surface area contributed by atoms with Crippen LogP contribution in [0.15, 0.2) is 103 Å². The Morgan fingerprint density at radius 1 is 0.719 bits per heavy atom. The summed E-state index contributed by atoms with van der Waals surface area (Å²) in [4.78, 5) is 15.3. The van der Waals surface area contributed by atoms with Gasteiger partial charge in [0.2, 0.25) is 0 Å². The third-order valence-electron chi connectivity index (χ3n) is 5.61. The molecule has 32 heavy (non-hydrogen) atoms. The lowest BCUT2D eigenvalue weighted by Gasteiger charge is -2.28. The first kappa shape index (κ1) is 21.4. The molecule has 0 radical (unpaired) electrons. The number of Topliss-reactive ketones (excluding diaryl/α,β-unsaturated/α-hetero) is 1. The predicted octanol–water partition coefficient (Wildman–Crippen LogP) is 6.33. The highest BCUT2D eigenvalue weighted by Gasteiger charge is 2.19. The van der Waals surface area contributed by atoms with Gasteiger partial charge in [-0.3, -0.25) is 4.79 Å². The van der Waals surface area contributed by atoms with Gasteiger partial charge in [0.05, 0.1) is 0 Å². The van der Waals surface area contributed by atoms with Crippen molar-refractivity contribution in [2.45, 2.75) is 26.4 Å². The largest absolute Gasteiger partial charge is 0.508 e. The lowest BCUT2D eigenvalue weighted by Crippen LogP contribution is -2.24. The van der Waals surface area contributed by atoms with E-state index in [9.17, 15) is 9.90 Å². The molecule has 0 saturated carbocycles. The summed E-state index contributed by atoms with van der Waals surface area (Å²) in [6.45, 7) is 3.34. The summed E-state index contributed by atoms with van der Waals surface area (Å²) in [5.74, 6) is 0.140. The van der Waals surface area contributed by atoms with Crippen molar-refractivity contribution in [3.05, 3.63) is 131 Å². The summed E-state index contributed by atoms with van der Waals surface area (Å²) in [6, 6.07) is 33.6. The van der Waals surface area contributed by atoms with Gasteiger partial charge in [0.25, 0.3) is 0 Å². The molecule has 0 amide bonds. The summed E-state index contributed by atoms with van der Waals surface area (Å²) >= 11 is 0. The lowest BCUT2D eigenvalue weighted by atomic mass is 9.99. The van der Waals surface area contributed by atoms with E-state index >= 15 is 0 Å². The number of hydrogen-bond donors (Lipinski definition) is 1. The number of carbonyl (C=O) groups is 1. The van der Waals surface area contributed by atoms with Crippen LogP contribution in [0, 0.1) is 6.92 Å². The third-order valence-corrected chi connectivity index (χ3v) is 5.61. The minimum absolute atomic E-state index is 0.00729. The average Bonchev–Trinajstić information content (AvgIpc) is 2.82. The monoisotopic (exact) mass is 421 g/mol. The van der Waals surface area contributed by atoms with E-state index in [4.69, 9.17) is 0 Å². The highest BCUT2D eigenvalue weighted by atomic mass is 16.3. The van der Waals surface area contributed by atoms with Gasteiger partial charge in [0.15, 0.2) is 5.78 Å². The Balaban J connectivity index is 1.69. The molecule has 0 aliphatic carbocycles. The highest BCUT2D eigenvalue weighted by molar-refractivity contribution is 5.98. The molecule has 0 fully saturated rings. The van der Waals surface area contributed by atoms with E-state index in [0.717, 1.165) is 11.3 Å². The van der Waals surface area contributed by atoms with E-state index < -0.39 is 0 Å². The van der Waals surface area contributed by atoms with E-state index in [0.29, 0.717) is 24.2 Å². The molecule has 0 saturated heterocycles. The third kappa shape index (κ3) is 5.25. The van der Waals surface area contributed by atoms with Gasteiger partial charge in [-0.1, -0.05) is 96.6 Å². The van der Waals surface area contributed by atoms with Crippen LogP contribution in [0.25, 0.3) is 0 Å². The zero-order valence-electron chi connectivity index (χ0n) is 18.2. The number of phenolic OH excluding ortho intramolecular Hbond substituents is 1. The van der Waals surface area contributed by atoms with Gasteiger partial charge in [-0.15, -0.1) is 0 Å². The average molecular weight is 422 g/mol. The van der Waals surface area contributed by atoms with Crippen LogP contribution < -0.4 is 4.90 Å². The van der Waals surface area contributed by atoms with Gasteiger partial charge >= 0.3 is 0 Å². The smallest absolute Gasteiger partial charge is 0.167 e. The Morgan fingerprint density at radius 2 is 1.28 bits per heavy atom. The molecule has 0 aliphatic heterocycles. The lowest BCUT2D eigenvalue weighted by molar-refractivity contribution is 0.0992. The number of nitrogens with zero attached hydrogens (tertiary/aromatic N) is 1. The van der Waals surface area contributed by atoms with Crippen LogP contribution >= 0.6 is 0 Å². The summed E-state index contributed by atoms with van der Waals surface area (Å²) in [6.07, 6.45) is 0.144. The predicted molar refractivity (Wildman–Crippen MR) is 130 cm³/mol. The van der Waals surface area contributed by atoms with Gasteiger partial charge in [-0.2, -0.15) is 0 Å². The number of rotatable bonds is 8. The first-order valence-electron chi connectivity index (χ1n) is 10.8. The Bertz CT molecular complexity index is 1130. The second-order valence-electron chi connectivity index (χ2n) is 8.07. The van der Waals surface area contributed by atoms with Crippen molar-refractivity contribution in [1.29, 1.82) is 0 Å². The number of carbonyl (C=O) groups excluding carboxylic acids is 1. The minimum atomic E-state index is -0.00729. The second kappa shape index (κ2) is 9.97. The maximum absolute atomic E-state index is 13.0. The van der Waals surface area contributed by atoms with Crippen molar-refractivity contribution in [3.8, 4) is 5.75 Å². The van der Waals surface area contributed by atoms with Crippen LogP contribution in [0.2, 0.25) is 0 Å². The van der Waals surface area contributed by atoms with Crippen LogP contribution in [0.5, 0.6) is 5.75 Å². The summed E-state index contributed by atoms with van der Waals surface area (Å²) < 4.78 is 0. The highest BCUT2D eigenvalue weighted by Crippen LogP contribution is 2.32. The maximum atomic E-state index is 13.0. The number of anilines is 1. The van der Waals surface area contributed by atoms with E-state index in [1.807, 2.05) is 79.7 Å². The van der Waals surface area contributed by atoms with Gasteiger partial charge in [-0.25, -0.2) is 0 Å². The van der Waals surface area contributed by atoms with Gasteiger partial charge < -0.3 is 10.0 Å². The van der Waals surface area contributed by atoms with Crippen LogP contribution in [0.3, 0.4) is 0 Å². The number of aromatic hydroxyl groups is 1. The molecule has 0 heterocycles. The fraction of sp³-hybridized carbons (Fsp3) is 0.138. The minimum Gasteiger partial charge on any atom is -0.508 e. The molecule has 3 nitrogen and oxygen atoms in total. The van der Waals surface area contributed by atoms with E-state index in [2.05, 4.69) is 29.2 Å². The topological polar surface area (TPSA) is 40.5 Å². The standard InChI is InChI=1S/C29H27NO2/c1-22-15-17-25(18-16-22)29(32)19-26-27(13-8-14-28(26)31)30(20-23-9-4-2-5-10-23)21-24-11-6-3-7-12-24/h2-18,31H,19-21H2,1H3. The molecule has 0 spiro atoms. The fourth-order valence-corrected chi connectivity index (χ4v) is 3.88. The van der Waals surface area contributed by atoms with Crippen molar-refractivity contribution < 1.29 is 9.90 Å². The van der Waals surface area contributed by atoms with Gasteiger partial charge in [0.1, 0.15) is 5.75 Å². The number of aryl methyl sites for hydroxylation is 1. The van der Waals surface area contributed by atoms with Crippen LogP contribution in [0.1, 0.15) is 32.6 Å². The first-order chi connectivity index (χ1) is 15.6. The van der Waals surface area contributed by atoms with Crippen LogP contribution in [-0.2, 0) is 19.5 Å². The molecule has 0 aliphatic rings. The molecule has 160 valence electrons. The molecule has 4 aromatic carbocycles. The van der Waals surface area contributed by atoms with Crippen molar-refractivity contribution in [2.24, 2.45) is 0 Å². The van der Waals surface area contributed by atoms with Crippen molar-refractivity contribution in [1.82, 2.24) is 0 Å².